The standard InChI is InChI=1S/C12H16O3S/c1-2-10-16(14,15)12(8-9-13)11-6-4-3-5-7-11/h3-7,9,12H,2,8,10H2,1H3. The third-order valence-electron chi connectivity index (χ3n) is 2.40. The van der Waals surface area contributed by atoms with Gasteiger partial charge in [0.2, 0.25) is 0 Å². The first kappa shape index (κ1) is 12.9. The Balaban J connectivity index is 3.05. The van der Waals surface area contributed by atoms with E-state index in [9.17, 15) is 13.2 Å². The first-order chi connectivity index (χ1) is 7.61. The zero-order valence-corrected chi connectivity index (χ0v) is 10.1. The SMILES string of the molecule is CCCS(=O)(=O)C(CC=O)c1ccccc1. The van der Waals surface area contributed by atoms with Crippen LogP contribution in [0.1, 0.15) is 30.6 Å². The van der Waals surface area contributed by atoms with E-state index >= 15 is 0 Å². The Kier molecular flexibility index (Phi) is 4.68. The highest BCUT2D eigenvalue weighted by Gasteiger charge is 2.25. The van der Waals surface area contributed by atoms with Gasteiger partial charge in [0.25, 0.3) is 0 Å². The minimum absolute atomic E-state index is 0.0341. The largest absolute Gasteiger partial charge is 0.303 e. The first-order valence-corrected chi connectivity index (χ1v) is 7.03. The average Bonchev–Trinajstić information content (AvgIpc) is 2.27. The van der Waals surface area contributed by atoms with Crippen LogP contribution in [0.4, 0.5) is 0 Å². The molecule has 1 unspecified atom stereocenters. The lowest BCUT2D eigenvalue weighted by atomic mass is 10.1. The van der Waals surface area contributed by atoms with E-state index in [4.69, 9.17) is 0 Å². The second kappa shape index (κ2) is 5.80. The summed E-state index contributed by atoms with van der Waals surface area (Å²) in [6.45, 7) is 1.82. The summed E-state index contributed by atoms with van der Waals surface area (Å²) in [4.78, 5) is 10.6. The fourth-order valence-corrected chi connectivity index (χ4v) is 3.47. The number of hydrogen-bond acceptors (Lipinski definition) is 3. The molecule has 0 radical (unpaired) electrons. The summed E-state index contributed by atoms with van der Waals surface area (Å²) in [5.74, 6) is 0.125. The zero-order valence-electron chi connectivity index (χ0n) is 9.30. The van der Waals surface area contributed by atoms with Crippen LogP contribution in [-0.4, -0.2) is 20.5 Å². The van der Waals surface area contributed by atoms with E-state index < -0.39 is 15.1 Å². The van der Waals surface area contributed by atoms with Crippen molar-refractivity contribution in [2.24, 2.45) is 0 Å². The van der Waals surface area contributed by atoms with E-state index in [0.29, 0.717) is 18.3 Å². The van der Waals surface area contributed by atoms with Gasteiger partial charge in [0.05, 0.1) is 11.0 Å². The molecule has 88 valence electrons. The summed E-state index contributed by atoms with van der Waals surface area (Å²) in [5.41, 5.74) is 0.697. The molecule has 0 amide bonds. The van der Waals surface area contributed by atoms with Crippen LogP contribution >= 0.6 is 0 Å². The van der Waals surface area contributed by atoms with E-state index in [1.807, 2.05) is 13.0 Å². The summed E-state index contributed by atoms with van der Waals surface area (Å²) in [6, 6.07) is 8.90. The normalized spacial score (nSPS) is 13.3. The summed E-state index contributed by atoms with van der Waals surface area (Å²) >= 11 is 0. The van der Waals surface area contributed by atoms with Crippen molar-refractivity contribution in [2.75, 3.05) is 5.75 Å². The van der Waals surface area contributed by atoms with E-state index in [1.165, 1.54) is 0 Å². The highest BCUT2D eigenvalue weighted by molar-refractivity contribution is 7.91. The molecule has 0 fully saturated rings. The predicted octanol–water partition coefficient (Wildman–Crippen LogP) is 2.14. The summed E-state index contributed by atoms with van der Waals surface area (Å²) in [5, 5.41) is -0.689. The van der Waals surface area contributed by atoms with Crippen LogP contribution in [0.2, 0.25) is 0 Å². The molecule has 0 aliphatic heterocycles. The molecule has 1 rings (SSSR count). The molecule has 0 bridgehead atoms. The van der Waals surface area contributed by atoms with Crippen LogP contribution in [0.25, 0.3) is 0 Å². The van der Waals surface area contributed by atoms with Crippen molar-refractivity contribution in [1.82, 2.24) is 0 Å². The van der Waals surface area contributed by atoms with Crippen molar-refractivity contribution in [3.8, 4) is 0 Å². The number of rotatable bonds is 6. The third kappa shape index (κ3) is 3.17. The van der Waals surface area contributed by atoms with Crippen LogP contribution in [0.5, 0.6) is 0 Å². The van der Waals surface area contributed by atoms with Crippen LogP contribution < -0.4 is 0 Å². The molecule has 1 aromatic carbocycles. The molecule has 0 aromatic heterocycles. The lowest BCUT2D eigenvalue weighted by Crippen LogP contribution is -2.17. The number of sulfone groups is 1. The van der Waals surface area contributed by atoms with Gasteiger partial charge in [-0.05, 0) is 12.0 Å². The molecule has 0 heterocycles. The number of hydrogen-bond donors (Lipinski definition) is 0. The maximum absolute atomic E-state index is 12.0. The number of carbonyl (C=O) groups is 1. The first-order valence-electron chi connectivity index (χ1n) is 5.32. The van der Waals surface area contributed by atoms with Gasteiger partial charge in [0.15, 0.2) is 9.84 Å². The quantitative estimate of drug-likeness (QED) is 0.716. The highest BCUT2D eigenvalue weighted by Crippen LogP contribution is 2.26. The Morgan fingerprint density at radius 3 is 2.38 bits per heavy atom. The fraction of sp³-hybridized carbons (Fsp3) is 0.417. The summed E-state index contributed by atoms with van der Waals surface area (Å²) in [6.07, 6.45) is 1.28. The van der Waals surface area contributed by atoms with Crippen molar-refractivity contribution >= 4 is 16.1 Å². The molecule has 0 saturated carbocycles. The monoisotopic (exact) mass is 240 g/mol. The number of benzene rings is 1. The molecule has 0 saturated heterocycles. The van der Waals surface area contributed by atoms with Gasteiger partial charge in [0.1, 0.15) is 6.29 Å². The van der Waals surface area contributed by atoms with Crippen molar-refractivity contribution in [1.29, 1.82) is 0 Å². The molecule has 0 N–H and O–H groups in total. The molecule has 16 heavy (non-hydrogen) atoms. The minimum atomic E-state index is -3.22. The lowest BCUT2D eigenvalue weighted by molar-refractivity contribution is -0.107. The smallest absolute Gasteiger partial charge is 0.157 e. The van der Waals surface area contributed by atoms with Gasteiger partial charge in [0, 0.05) is 6.42 Å². The van der Waals surface area contributed by atoms with Crippen molar-refractivity contribution in [2.45, 2.75) is 25.0 Å². The maximum Gasteiger partial charge on any atom is 0.157 e. The molecule has 0 aliphatic rings. The molecule has 1 aromatic rings. The molecule has 0 aliphatic carbocycles. The number of aldehydes is 1. The minimum Gasteiger partial charge on any atom is -0.303 e. The molecule has 1 atom stereocenters. The Morgan fingerprint density at radius 2 is 1.88 bits per heavy atom. The molecular formula is C12H16O3S. The topological polar surface area (TPSA) is 51.2 Å². The Morgan fingerprint density at radius 1 is 1.25 bits per heavy atom. The van der Waals surface area contributed by atoms with Gasteiger partial charge >= 0.3 is 0 Å². The van der Waals surface area contributed by atoms with Crippen LogP contribution in [0.15, 0.2) is 30.3 Å². The van der Waals surface area contributed by atoms with E-state index in [-0.39, 0.29) is 12.2 Å². The Hall–Kier alpha value is -1.16. The van der Waals surface area contributed by atoms with Gasteiger partial charge in [-0.1, -0.05) is 37.3 Å². The van der Waals surface area contributed by atoms with Gasteiger partial charge in [-0.25, -0.2) is 8.42 Å². The molecule has 0 spiro atoms. The predicted molar refractivity (Wildman–Crippen MR) is 63.9 cm³/mol. The highest BCUT2D eigenvalue weighted by atomic mass is 32.2. The van der Waals surface area contributed by atoms with Crippen molar-refractivity contribution in [3.63, 3.8) is 0 Å². The molecule has 3 nitrogen and oxygen atoms in total. The summed E-state index contributed by atoms with van der Waals surface area (Å²) in [7, 11) is -3.22. The second-order valence-electron chi connectivity index (χ2n) is 3.67. The van der Waals surface area contributed by atoms with Gasteiger partial charge in [-0.2, -0.15) is 0 Å². The van der Waals surface area contributed by atoms with Crippen LogP contribution in [-0.2, 0) is 14.6 Å². The van der Waals surface area contributed by atoms with E-state index in [2.05, 4.69) is 0 Å². The zero-order chi connectivity index (χ0) is 12.0. The van der Waals surface area contributed by atoms with Gasteiger partial charge in [-0.3, -0.25) is 0 Å². The third-order valence-corrected chi connectivity index (χ3v) is 4.71. The van der Waals surface area contributed by atoms with Gasteiger partial charge < -0.3 is 4.79 Å². The molecular weight excluding hydrogens is 224 g/mol. The van der Waals surface area contributed by atoms with E-state index in [0.717, 1.165) is 0 Å². The average molecular weight is 240 g/mol. The van der Waals surface area contributed by atoms with Crippen molar-refractivity contribution < 1.29 is 13.2 Å². The Labute approximate surface area is 96.4 Å². The molecule has 4 heteroatoms. The van der Waals surface area contributed by atoms with Crippen LogP contribution in [0.3, 0.4) is 0 Å². The Bertz CT molecular complexity index is 423. The maximum atomic E-state index is 12.0. The van der Waals surface area contributed by atoms with E-state index in [1.54, 1.807) is 24.3 Å². The second-order valence-corrected chi connectivity index (χ2v) is 5.97. The fourth-order valence-electron chi connectivity index (χ4n) is 1.67. The van der Waals surface area contributed by atoms with Crippen LogP contribution in [0, 0.1) is 0 Å². The van der Waals surface area contributed by atoms with Crippen molar-refractivity contribution in [3.05, 3.63) is 35.9 Å². The summed E-state index contributed by atoms with van der Waals surface area (Å²) < 4.78 is 23.9. The lowest BCUT2D eigenvalue weighted by Gasteiger charge is -2.15. The number of carbonyl (C=O) groups excluding carboxylic acids is 1. The van der Waals surface area contributed by atoms with Gasteiger partial charge in [-0.15, -0.1) is 0 Å².